The lowest BCUT2D eigenvalue weighted by atomic mass is 10.0. The predicted molar refractivity (Wildman–Crippen MR) is 150 cm³/mol. The van der Waals surface area contributed by atoms with Crippen LogP contribution in [0.2, 0.25) is 0 Å². The zero-order valence-electron chi connectivity index (χ0n) is 22.4. The molecule has 0 aliphatic carbocycles. The number of nitrogen functional groups attached to an aromatic ring is 1. The molecular weight excluding hydrogens is 538 g/mol. The number of carbonyl (C=O) groups is 2. The maximum absolute atomic E-state index is 12.5. The van der Waals surface area contributed by atoms with Crippen molar-refractivity contribution in [1.29, 1.82) is 0 Å². The summed E-state index contributed by atoms with van der Waals surface area (Å²) in [5.41, 5.74) is 13.6. The van der Waals surface area contributed by atoms with E-state index in [1.807, 2.05) is 4.72 Å². The number of primary amides is 1. The summed E-state index contributed by atoms with van der Waals surface area (Å²) in [5.74, 6) is -0.109. The average molecular weight is 572 g/mol. The number of hydrogen-bond donors (Lipinski definition) is 4. The average Bonchev–Trinajstić information content (AvgIpc) is 2.86. The monoisotopic (exact) mass is 571 g/mol. The van der Waals surface area contributed by atoms with Gasteiger partial charge in [-0.1, -0.05) is 30.3 Å². The highest BCUT2D eigenvalue weighted by molar-refractivity contribution is 7.89. The smallest absolute Gasteiger partial charge is 0.404 e. The number of sulfonamides is 1. The fourth-order valence-corrected chi connectivity index (χ4v) is 4.26. The van der Waals surface area contributed by atoms with Crippen LogP contribution >= 0.6 is 0 Å². The maximum atomic E-state index is 12.5. The number of aliphatic hydroxyl groups is 1. The van der Waals surface area contributed by atoms with Crippen molar-refractivity contribution in [3.8, 4) is 22.6 Å². The van der Waals surface area contributed by atoms with Gasteiger partial charge in [0, 0.05) is 12.1 Å². The maximum Gasteiger partial charge on any atom is 0.404 e. The van der Waals surface area contributed by atoms with Crippen molar-refractivity contribution in [3.05, 3.63) is 77.9 Å². The van der Waals surface area contributed by atoms with Gasteiger partial charge in [0.15, 0.2) is 0 Å². The summed E-state index contributed by atoms with van der Waals surface area (Å²) in [6, 6.07) is 18.5. The van der Waals surface area contributed by atoms with Gasteiger partial charge in [-0.15, -0.1) is 0 Å². The number of ether oxygens (including phenoxy) is 3. The van der Waals surface area contributed by atoms with Gasteiger partial charge in [-0.2, -0.15) is 0 Å². The van der Waals surface area contributed by atoms with Crippen LogP contribution in [0.4, 0.5) is 10.5 Å². The standard InChI is InChI=1S/C28H33N3O8S/c1-17(2)38-26-14-20(8-13-24(26)27(33)31-40(3,35)36)18-6-11-22(12-7-18)39-23(16-37-28(30)34)15-25(32)19-4-9-21(29)10-5-19/h4-14,17,23,25,32H,15-16,29H2,1-3H3,(H2,30,34)(H,31,33)/t23?,25-/m1/s1. The molecule has 3 rings (SSSR count). The molecule has 0 fully saturated rings. The molecule has 3 aromatic rings. The van der Waals surface area contributed by atoms with Crippen LogP contribution in [0.15, 0.2) is 66.7 Å². The van der Waals surface area contributed by atoms with Crippen LogP contribution in [0.1, 0.15) is 42.3 Å². The zero-order chi connectivity index (χ0) is 29.4. The highest BCUT2D eigenvalue weighted by atomic mass is 32.2. The molecule has 0 aliphatic rings. The molecule has 0 spiro atoms. The third-order valence-electron chi connectivity index (χ3n) is 5.58. The lowest BCUT2D eigenvalue weighted by molar-refractivity contribution is 0.0462. The van der Waals surface area contributed by atoms with Crippen LogP contribution in [0, 0.1) is 0 Å². The van der Waals surface area contributed by atoms with E-state index in [9.17, 15) is 23.1 Å². The van der Waals surface area contributed by atoms with Crippen molar-refractivity contribution in [2.75, 3.05) is 18.6 Å². The van der Waals surface area contributed by atoms with Gasteiger partial charge in [-0.25, -0.2) is 17.9 Å². The molecule has 0 heterocycles. The predicted octanol–water partition coefficient (Wildman–Crippen LogP) is 3.38. The van der Waals surface area contributed by atoms with E-state index in [0.29, 0.717) is 22.6 Å². The van der Waals surface area contributed by atoms with Gasteiger partial charge in [0.1, 0.15) is 24.2 Å². The molecule has 12 heteroatoms. The summed E-state index contributed by atoms with van der Waals surface area (Å²) in [5, 5.41) is 10.7. The molecule has 11 nitrogen and oxygen atoms in total. The number of benzene rings is 3. The summed E-state index contributed by atoms with van der Waals surface area (Å²) in [7, 11) is -3.75. The lowest BCUT2D eigenvalue weighted by Gasteiger charge is -2.22. The first-order valence-corrected chi connectivity index (χ1v) is 14.3. The van der Waals surface area contributed by atoms with Crippen LogP contribution in [0.25, 0.3) is 11.1 Å². The number of rotatable bonds is 12. The summed E-state index contributed by atoms with van der Waals surface area (Å²) in [6.45, 7) is 3.41. The highest BCUT2D eigenvalue weighted by Gasteiger charge is 2.21. The first kappa shape index (κ1) is 30.3. The van der Waals surface area contributed by atoms with E-state index >= 15 is 0 Å². The number of anilines is 1. The van der Waals surface area contributed by atoms with Crippen molar-refractivity contribution in [2.24, 2.45) is 5.73 Å². The minimum atomic E-state index is -3.75. The summed E-state index contributed by atoms with van der Waals surface area (Å²) in [4.78, 5) is 23.7. The molecule has 6 N–H and O–H groups in total. The van der Waals surface area contributed by atoms with E-state index in [4.69, 9.17) is 25.7 Å². The van der Waals surface area contributed by atoms with Gasteiger partial charge >= 0.3 is 6.09 Å². The van der Waals surface area contributed by atoms with Crippen LogP contribution in [-0.4, -0.2) is 50.6 Å². The van der Waals surface area contributed by atoms with Gasteiger partial charge in [0.05, 0.1) is 24.0 Å². The highest BCUT2D eigenvalue weighted by Crippen LogP contribution is 2.30. The first-order chi connectivity index (χ1) is 18.8. The second kappa shape index (κ2) is 13.2. The van der Waals surface area contributed by atoms with E-state index < -0.39 is 34.2 Å². The molecule has 214 valence electrons. The summed E-state index contributed by atoms with van der Waals surface area (Å²) in [6.07, 6.45) is -1.82. The van der Waals surface area contributed by atoms with Crippen molar-refractivity contribution in [3.63, 3.8) is 0 Å². The van der Waals surface area contributed by atoms with Crippen LogP contribution < -0.4 is 25.7 Å². The normalized spacial score (nSPS) is 12.8. The Hall–Kier alpha value is -4.29. The number of amides is 2. The minimum absolute atomic E-state index is 0.0831. The van der Waals surface area contributed by atoms with Gasteiger partial charge in [0.25, 0.3) is 5.91 Å². The number of carbonyl (C=O) groups excluding carboxylic acids is 2. The molecule has 1 unspecified atom stereocenters. The van der Waals surface area contributed by atoms with Gasteiger partial charge < -0.3 is 30.8 Å². The molecule has 40 heavy (non-hydrogen) atoms. The molecule has 3 aromatic carbocycles. The van der Waals surface area contributed by atoms with E-state index in [-0.39, 0.29) is 30.4 Å². The molecular formula is C28H33N3O8S. The Balaban J connectivity index is 1.79. The molecule has 0 aliphatic heterocycles. The largest absolute Gasteiger partial charge is 0.490 e. The van der Waals surface area contributed by atoms with Crippen molar-refractivity contribution >= 4 is 27.7 Å². The fourth-order valence-electron chi connectivity index (χ4n) is 3.81. The Morgan fingerprint density at radius 3 is 2.15 bits per heavy atom. The Morgan fingerprint density at radius 1 is 0.950 bits per heavy atom. The van der Waals surface area contributed by atoms with Crippen molar-refractivity contribution < 1.29 is 37.3 Å². The van der Waals surface area contributed by atoms with E-state index in [1.165, 1.54) is 6.07 Å². The van der Waals surface area contributed by atoms with Gasteiger partial charge in [-0.05, 0) is 66.9 Å². The summed E-state index contributed by atoms with van der Waals surface area (Å²) < 4.78 is 41.7. The van der Waals surface area contributed by atoms with Crippen LogP contribution in [-0.2, 0) is 14.8 Å². The number of nitrogens with one attached hydrogen (secondary N) is 1. The van der Waals surface area contributed by atoms with Crippen LogP contribution in [0.3, 0.4) is 0 Å². The minimum Gasteiger partial charge on any atom is -0.490 e. The first-order valence-electron chi connectivity index (χ1n) is 12.4. The number of nitrogens with two attached hydrogens (primary N) is 2. The fraction of sp³-hybridized carbons (Fsp3) is 0.286. The molecule has 2 amide bonds. The van der Waals surface area contributed by atoms with E-state index in [0.717, 1.165) is 11.8 Å². The quantitative estimate of drug-likeness (QED) is 0.237. The van der Waals surface area contributed by atoms with Gasteiger partial charge in [-0.3, -0.25) is 4.79 Å². The Labute approximate surface area is 233 Å². The topological polar surface area (TPSA) is 180 Å². The SMILES string of the molecule is CC(C)Oc1cc(-c2ccc(OC(COC(N)=O)C[C@@H](O)c3ccc(N)cc3)cc2)ccc1C(=O)NS(C)(=O)=O. The second-order valence-electron chi connectivity index (χ2n) is 9.39. The van der Waals surface area contributed by atoms with E-state index in [1.54, 1.807) is 74.5 Å². The molecule has 0 aromatic heterocycles. The molecule has 0 radical (unpaired) electrons. The lowest BCUT2D eigenvalue weighted by Crippen LogP contribution is -2.30. The molecule has 0 bridgehead atoms. The summed E-state index contributed by atoms with van der Waals surface area (Å²) >= 11 is 0. The van der Waals surface area contributed by atoms with E-state index in [2.05, 4.69) is 0 Å². The Morgan fingerprint density at radius 2 is 1.57 bits per heavy atom. The van der Waals surface area contributed by atoms with Crippen molar-refractivity contribution in [2.45, 2.75) is 38.6 Å². The zero-order valence-corrected chi connectivity index (χ0v) is 23.2. The van der Waals surface area contributed by atoms with Gasteiger partial charge in [0.2, 0.25) is 10.0 Å². The molecule has 0 saturated heterocycles. The third kappa shape index (κ3) is 9.17. The van der Waals surface area contributed by atoms with Crippen LogP contribution in [0.5, 0.6) is 11.5 Å². The molecule has 0 saturated carbocycles. The number of aliphatic hydroxyl groups excluding tert-OH is 1. The second-order valence-corrected chi connectivity index (χ2v) is 11.1. The Kier molecular flexibility index (Phi) is 9.97. The third-order valence-corrected chi connectivity index (χ3v) is 6.13. The molecule has 2 atom stereocenters. The Bertz CT molecular complexity index is 1420. The number of hydrogen-bond acceptors (Lipinski definition) is 9. The van der Waals surface area contributed by atoms with Crippen molar-refractivity contribution in [1.82, 2.24) is 4.72 Å².